The minimum Gasteiger partial charge on any atom is -0.450 e. The minimum absolute atomic E-state index is 0.213. The third kappa shape index (κ3) is 5.15. The Labute approximate surface area is 174 Å². The van der Waals surface area contributed by atoms with Crippen molar-refractivity contribution in [1.82, 2.24) is 0 Å². The fourth-order valence-electron chi connectivity index (χ4n) is 2.57. The smallest absolute Gasteiger partial charge is 0.416 e. The lowest BCUT2D eigenvalue weighted by Crippen LogP contribution is -2.06. The van der Waals surface area contributed by atoms with Crippen LogP contribution >= 0.6 is 11.6 Å². The molecule has 0 atom stereocenters. The van der Waals surface area contributed by atoms with Gasteiger partial charge < -0.3 is 4.74 Å². The molecule has 154 valence electrons. The molecule has 0 aliphatic carbocycles. The van der Waals surface area contributed by atoms with Crippen molar-refractivity contribution >= 4 is 29.2 Å². The molecule has 5 nitrogen and oxygen atoms in total. The summed E-state index contributed by atoms with van der Waals surface area (Å²) in [5.74, 6) is -0.0857. The molecule has 0 bridgehead atoms. The molecular weight excluding hydrogens is 421 g/mol. The molecule has 0 amide bonds. The molecule has 0 saturated heterocycles. The molecule has 30 heavy (non-hydrogen) atoms. The zero-order chi connectivity index (χ0) is 21.9. The first-order valence-electron chi connectivity index (χ1n) is 8.57. The molecule has 0 fully saturated rings. The van der Waals surface area contributed by atoms with E-state index in [9.17, 15) is 23.3 Å². The summed E-state index contributed by atoms with van der Waals surface area (Å²) in [6.07, 6.45) is -3.13. The van der Waals surface area contributed by atoms with Crippen molar-refractivity contribution in [2.45, 2.75) is 13.1 Å². The minimum atomic E-state index is -4.70. The van der Waals surface area contributed by atoms with Crippen molar-refractivity contribution in [2.24, 2.45) is 4.99 Å². The van der Waals surface area contributed by atoms with Crippen LogP contribution in [0.1, 0.15) is 16.7 Å². The average molecular weight is 435 g/mol. The summed E-state index contributed by atoms with van der Waals surface area (Å²) in [7, 11) is 0. The monoisotopic (exact) mass is 434 g/mol. The summed E-state index contributed by atoms with van der Waals surface area (Å²) < 4.78 is 44.0. The standard InChI is InChI=1S/C21H14ClF3N2O3/c1-13-5-7-16(22)11-18(13)26-12-14-3-2-4-17(9-14)30-20-8-6-15(21(23,24)25)10-19(20)27(28)29/h2-12H,1H3. The van der Waals surface area contributed by atoms with E-state index in [1.54, 1.807) is 36.5 Å². The van der Waals surface area contributed by atoms with Gasteiger partial charge in [0, 0.05) is 17.3 Å². The van der Waals surface area contributed by atoms with Crippen LogP contribution in [0.2, 0.25) is 5.02 Å². The topological polar surface area (TPSA) is 64.7 Å². The lowest BCUT2D eigenvalue weighted by atomic mass is 10.1. The Morgan fingerprint density at radius 3 is 2.57 bits per heavy atom. The number of aryl methyl sites for hydroxylation is 1. The molecule has 0 aliphatic rings. The molecule has 0 heterocycles. The van der Waals surface area contributed by atoms with Crippen LogP contribution in [0, 0.1) is 17.0 Å². The van der Waals surface area contributed by atoms with Gasteiger partial charge in [0.15, 0.2) is 0 Å². The van der Waals surface area contributed by atoms with Gasteiger partial charge in [-0.3, -0.25) is 15.1 Å². The Hall–Kier alpha value is -3.39. The van der Waals surface area contributed by atoms with Gasteiger partial charge in [-0.1, -0.05) is 29.8 Å². The molecule has 0 saturated carbocycles. The van der Waals surface area contributed by atoms with Crippen molar-refractivity contribution in [2.75, 3.05) is 0 Å². The molecule has 3 rings (SSSR count). The number of ether oxygens (including phenoxy) is 1. The first-order chi connectivity index (χ1) is 14.1. The molecule has 3 aromatic rings. The number of nitrogens with zero attached hydrogens (tertiary/aromatic N) is 2. The number of rotatable bonds is 5. The van der Waals surface area contributed by atoms with E-state index in [0.29, 0.717) is 22.3 Å². The Bertz CT molecular complexity index is 1130. The molecule has 0 radical (unpaired) electrons. The van der Waals surface area contributed by atoms with E-state index in [4.69, 9.17) is 16.3 Å². The number of alkyl halides is 3. The Kier molecular flexibility index (Phi) is 6.07. The van der Waals surface area contributed by atoms with Crippen LogP contribution < -0.4 is 4.74 Å². The number of hydrogen-bond acceptors (Lipinski definition) is 4. The van der Waals surface area contributed by atoms with Gasteiger partial charge in [-0.25, -0.2) is 0 Å². The van der Waals surface area contributed by atoms with Gasteiger partial charge in [0.25, 0.3) is 0 Å². The first kappa shape index (κ1) is 21.3. The second-order valence-electron chi connectivity index (χ2n) is 6.30. The number of benzene rings is 3. The fourth-order valence-corrected chi connectivity index (χ4v) is 2.74. The van der Waals surface area contributed by atoms with Crippen molar-refractivity contribution in [1.29, 1.82) is 0 Å². The SMILES string of the molecule is Cc1ccc(Cl)cc1N=Cc1cccc(Oc2ccc(C(F)(F)F)cc2[N+](=O)[O-])c1. The molecule has 0 spiro atoms. The highest BCUT2D eigenvalue weighted by Crippen LogP contribution is 2.37. The highest BCUT2D eigenvalue weighted by Gasteiger charge is 2.33. The van der Waals surface area contributed by atoms with Gasteiger partial charge in [0.2, 0.25) is 5.75 Å². The molecule has 0 N–H and O–H groups in total. The van der Waals surface area contributed by atoms with Crippen LogP contribution in [0.25, 0.3) is 0 Å². The van der Waals surface area contributed by atoms with Crippen LogP contribution in [0.5, 0.6) is 11.5 Å². The van der Waals surface area contributed by atoms with Gasteiger partial charge in [-0.2, -0.15) is 13.2 Å². The number of aliphatic imine (C=N–C) groups is 1. The summed E-state index contributed by atoms with van der Waals surface area (Å²) in [6.45, 7) is 1.88. The Balaban J connectivity index is 1.87. The second-order valence-corrected chi connectivity index (χ2v) is 6.74. The molecule has 9 heteroatoms. The number of nitro groups is 1. The highest BCUT2D eigenvalue weighted by molar-refractivity contribution is 6.30. The fraction of sp³-hybridized carbons (Fsp3) is 0.0952. The van der Waals surface area contributed by atoms with E-state index >= 15 is 0 Å². The van der Waals surface area contributed by atoms with E-state index in [-0.39, 0.29) is 11.5 Å². The van der Waals surface area contributed by atoms with Crippen LogP contribution in [-0.2, 0) is 6.18 Å². The first-order valence-corrected chi connectivity index (χ1v) is 8.95. The van der Waals surface area contributed by atoms with E-state index in [1.165, 1.54) is 6.07 Å². The van der Waals surface area contributed by atoms with E-state index in [1.807, 2.05) is 13.0 Å². The summed E-state index contributed by atoms with van der Waals surface area (Å²) in [5.41, 5.74) is 0.315. The van der Waals surface area contributed by atoms with Gasteiger partial charge in [0.05, 0.1) is 16.2 Å². The van der Waals surface area contributed by atoms with Crippen LogP contribution in [0.15, 0.2) is 65.7 Å². The molecule has 0 unspecified atom stereocenters. The maximum atomic E-state index is 12.8. The van der Waals surface area contributed by atoms with Gasteiger partial charge in [-0.15, -0.1) is 0 Å². The van der Waals surface area contributed by atoms with Gasteiger partial charge >= 0.3 is 11.9 Å². The maximum Gasteiger partial charge on any atom is 0.416 e. The van der Waals surface area contributed by atoms with Crippen LogP contribution in [0.4, 0.5) is 24.5 Å². The average Bonchev–Trinajstić information content (AvgIpc) is 2.68. The molecular formula is C21H14ClF3N2O3. The third-order valence-corrected chi connectivity index (χ3v) is 4.33. The predicted molar refractivity (Wildman–Crippen MR) is 108 cm³/mol. The van der Waals surface area contributed by atoms with Gasteiger partial charge in [-0.05, 0) is 54.4 Å². The predicted octanol–water partition coefficient (Wildman–Crippen LogP) is 7.12. The second kappa shape index (κ2) is 8.54. The summed E-state index contributed by atoms with van der Waals surface area (Å²) in [4.78, 5) is 14.7. The van der Waals surface area contributed by atoms with Crippen molar-refractivity contribution in [3.8, 4) is 11.5 Å². The maximum absolute atomic E-state index is 12.8. The van der Waals surface area contributed by atoms with E-state index in [0.717, 1.165) is 17.7 Å². The molecule has 3 aromatic carbocycles. The van der Waals surface area contributed by atoms with Crippen molar-refractivity contribution < 1.29 is 22.8 Å². The number of nitro benzene ring substituents is 1. The van der Waals surface area contributed by atoms with Gasteiger partial charge in [0.1, 0.15) is 5.75 Å². The van der Waals surface area contributed by atoms with E-state index < -0.39 is 22.4 Å². The summed E-state index contributed by atoms with van der Waals surface area (Å²) >= 11 is 5.97. The van der Waals surface area contributed by atoms with Crippen molar-refractivity contribution in [3.63, 3.8) is 0 Å². The Morgan fingerprint density at radius 1 is 1.10 bits per heavy atom. The zero-order valence-electron chi connectivity index (χ0n) is 15.5. The molecule has 0 aromatic heterocycles. The molecule has 0 aliphatic heterocycles. The van der Waals surface area contributed by atoms with Crippen LogP contribution in [0.3, 0.4) is 0 Å². The van der Waals surface area contributed by atoms with Crippen LogP contribution in [-0.4, -0.2) is 11.1 Å². The number of hydrogen-bond donors (Lipinski definition) is 0. The summed E-state index contributed by atoms with van der Waals surface area (Å²) in [5, 5.41) is 11.7. The van der Waals surface area contributed by atoms with E-state index in [2.05, 4.69) is 4.99 Å². The number of halogens is 4. The lowest BCUT2D eigenvalue weighted by molar-refractivity contribution is -0.385. The highest BCUT2D eigenvalue weighted by atomic mass is 35.5. The zero-order valence-corrected chi connectivity index (χ0v) is 16.2. The Morgan fingerprint density at radius 2 is 1.87 bits per heavy atom. The summed E-state index contributed by atoms with van der Waals surface area (Å²) in [6, 6.07) is 13.9. The quantitative estimate of drug-likeness (QED) is 0.244. The largest absolute Gasteiger partial charge is 0.450 e. The van der Waals surface area contributed by atoms with Crippen molar-refractivity contribution in [3.05, 3.63) is 92.5 Å². The normalized spacial score (nSPS) is 11.6. The third-order valence-electron chi connectivity index (χ3n) is 4.09. The lowest BCUT2D eigenvalue weighted by Gasteiger charge is -2.10.